The number of amides is 1. The number of carbonyl (C=O) groups is 1. The molecule has 0 saturated heterocycles. The van der Waals surface area contributed by atoms with Crippen LogP contribution >= 0.6 is 0 Å². The number of anilines is 1. The molecule has 0 aromatic heterocycles. The number of rotatable bonds is 4. The van der Waals surface area contributed by atoms with Crippen molar-refractivity contribution < 1.29 is 17.6 Å². The van der Waals surface area contributed by atoms with E-state index in [1.165, 1.54) is 6.07 Å². The summed E-state index contributed by atoms with van der Waals surface area (Å²) in [6.45, 7) is 0.551. The second-order valence-electron chi connectivity index (χ2n) is 6.73. The highest BCUT2D eigenvalue weighted by Crippen LogP contribution is 2.29. The Morgan fingerprint density at radius 2 is 1.92 bits per heavy atom. The van der Waals surface area contributed by atoms with Crippen molar-refractivity contribution in [2.75, 3.05) is 11.4 Å². The van der Waals surface area contributed by atoms with Crippen LogP contribution in [0.25, 0.3) is 0 Å². The number of nitrogens with zero attached hydrogens (tertiary/aromatic N) is 1. The first-order chi connectivity index (χ1) is 12.5. The van der Waals surface area contributed by atoms with Crippen molar-refractivity contribution in [1.29, 1.82) is 0 Å². The van der Waals surface area contributed by atoms with Crippen LogP contribution < -0.4 is 9.62 Å². The fourth-order valence-corrected chi connectivity index (χ4v) is 4.64. The van der Waals surface area contributed by atoms with Crippen LogP contribution in [-0.4, -0.2) is 26.9 Å². The summed E-state index contributed by atoms with van der Waals surface area (Å²) in [6.07, 6.45) is 3.24. The van der Waals surface area contributed by atoms with Crippen LogP contribution in [0.5, 0.6) is 0 Å². The average molecular weight is 374 g/mol. The van der Waals surface area contributed by atoms with E-state index in [9.17, 15) is 17.6 Å². The van der Waals surface area contributed by atoms with E-state index in [0.29, 0.717) is 6.54 Å². The fraction of sp³-hybridized carbons (Fsp3) is 0.316. The quantitative estimate of drug-likeness (QED) is 0.895. The van der Waals surface area contributed by atoms with Gasteiger partial charge in [0.05, 0.1) is 0 Å². The Morgan fingerprint density at radius 1 is 1.15 bits per heavy atom. The van der Waals surface area contributed by atoms with E-state index in [-0.39, 0.29) is 17.5 Å². The van der Waals surface area contributed by atoms with Crippen LogP contribution in [-0.2, 0) is 16.4 Å². The molecule has 1 N–H and O–H groups in total. The van der Waals surface area contributed by atoms with E-state index in [1.807, 2.05) is 24.3 Å². The molecule has 5 nitrogen and oxygen atoms in total. The predicted octanol–water partition coefficient (Wildman–Crippen LogP) is 2.86. The van der Waals surface area contributed by atoms with Crippen molar-refractivity contribution in [3.05, 3.63) is 59.4 Å². The monoisotopic (exact) mass is 374 g/mol. The maximum absolute atomic E-state index is 14.1. The third-order valence-corrected chi connectivity index (χ3v) is 6.26. The van der Waals surface area contributed by atoms with Gasteiger partial charge in [0.25, 0.3) is 5.91 Å². The van der Waals surface area contributed by atoms with Crippen LogP contribution in [0.4, 0.5) is 10.1 Å². The van der Waals surface area contributed by atoms with Crippen LogP contribution in [0.15, 0.2) is 47.4 Å². The molecule has 0 spiro atoms. The number of benzene rings is 2. The molecule has 0 atom stereocenters. The molecular weight excluding hydrogens is 355 g/mol. The zero-order valence-corrected chi connectivity index (χ0v) is 14.9. The van der Waals surface area contributed by atoms with E-state index in [2.05, 4.69) is 4.72 Å². The van der Waals surface area contributed by atoms with Gasteiger partial charge in [-0.15, -0.1) is 0 Å². The third-order valence-electron chi connectivity index (χ3n) is 4.72. The maximum Gasteiger partial charge on any atom is 0.258 e. The minimum atomic E-state index is -3.97. The molecule has 0 bridgehead atoms. The SMILES string of the molecule is O=C(c1ccc(F)c(S(=O)(=O)NC2CC2)c1)N1CCCc2ccccc21. The second kappa shape index (κ2) is 6.48. The molecule has 1 amide bonds. The number of nitrogens with one attached hydrogen (secondary N) is 1. The summed E-state index contributed by atoms with van der Waals surface area (Å²) in [5.41, 5.74) is 2.07. The van der Waals surface area contributed by atoms with Crippen molar-refractivity contribution in [3.63, 3.8) is 0 Å². The maximum atomic E-state index is 14.1. The molecule has 1 heterocycles. The number of halogens is 1. The van der Waals surface area contributed by atoms with Gasteiger partial charge in [-0.1, -0.05) is 18.2 Å². The number of hydrogen-bond acceptors (Lipinski definition) is 3. The smallest absolute Gasteiger partial charge is 0.258 e. The van der Waals surface area contributed by atoms with Gasteiger partial charge in [0.2, 0.25) is 10.0 Å². The lowest BCUT2D eigenvalue weighted by molar-refractivity contribution is 0.0985. The van der Waals surface area contributed by atoms with Gasteiger partial charge in [-0.2, -0.15) is 0 Å². The largest absolute Gasteiger partial charge is 0.308 e. The predicted molar refractivity (Wildman–Crippen MR) is 96.2 cm³/mol. The third kappa shape index (κ3) is 3.24. The van der Waals surface area contributed by atoms with Gasteiger partial charge < -0.3 is 4.90 Å². The highest BCUT2D eigenvalue weighted by atomic mass is 32.2. The fourth-order valence-electron chi connectivity index (χ4n) is 3.23. The first-order valence-electron chi connectivity index (χ1n) is 8.67. The van der Waals surface area contributed by atoms with Crippen LogP contribution in [0.1, 0.15) is 35.2 Å². The number of aryl methyl sites for hydroxylation is 1. The molecule has 1 saturated carbocycles. The minimum Gasteiger partial charge on any atom is -0.308 e. The molecule has 1 fully saturated rings. The van der Waals surface area contributed by atoms with Crippen molar-refractivity contribution >= 4 is 21.6 Å². The van der Waals surface area contributed by atoms with Gasteiger partial charge in [0.15, 0.2) is 0 Å². The summed E-state index contributed by atoms with van der Waals surface area (Å²) in [5.74, 6) is -1.17. The first-order valence-corrected chi connectivity index (χ1v) is 10.2. The van der Waals surface area contributed by atoms with Crippen LogP contribution in [0.3, 0.4) is 0 Å². The Labute approximate surface area is 151 Å². The molecule has 26 heavy (non-hydrogen) atoms. The van der Waals surface area contributed by atoms with E-state index in [1.54, 1.807) is 4.90 Å². The van der Waals surface area contributed by atoms with E-state index < -0.39 is 20.7 Å². The zero-order valence-electron chi connectivity index (χ0n) is 14.1. The molecule has 0 radical (unpaired) electrons. The molecular formula is C19H19FN2O3S. The lowest BCUT2D eigenvalue weighted by Crippen LogP contribution is -2.35. The van der Waals surface area contributed by atoms with Gasteiger partial charge in [0, 0.05) is 23.8 Å². The Bertz CT molecular complexity index is 970. The summed E-state index contributed by atoms with van der Waals surface area (Å²) < 4.78 is 41.3. The van der Waals surface area contributed by atoms with E-state index >= 15 is 0 Å². The molecule has 1 aliphatic carbocycles. The van der Waals surface area contributed by atoms with Gasteiger partial charge in [-0.25, -0.2) is 17.5 Å². The number of carbonyl (C=O) groups excluding carboxylic acids is 1. The molecule has 2 aliphatic rings. The van der Waals surface area contributed by atoms with Crippen molar-refractivity contribution in [2.24, 2.45) is 0 Å². The van der Waals surface area contributed by atoms with Crippen molar-refractivity contribution in [2.45, 2.75) is 36.6 Å². The average Bonchev–Trinajstić information content (AvgIpc) is 3.44. The minimum absolute atomic E-state index is 0.132. The highest BCUT2D eigenvalue weighted by molar-refractivity contribution is 7.89. The summed E-state index contributed by atoms with van der Waals surface area (Å²) in [7, 11) is -3.97. The van der Waals surface area contributed by atoms with Crippen molar-refractivity contribution in [3.8, 4) is 0 Å². The lowest BCUT2D eigenvalue weighted by atomic mass is 10.0. The molecule has 7 heteroatoms. The molecule has 4 rings (SSSR count). The molecule has 0 unspecified atom stereocenters. The van der Waals surface area contributed by atoms with Gasteiger partial charge in [-0.3, -0.25) is 4.79 Å². The zero-order chi connectivity index (χ0) is 18.3. The molecule has 2 aromatic rings. The summed E-state index contributed by atoms with van der Waals surface area (Å²) in [6, 6.07) is 11.0. The lowest BCUT2D eigenvalue weighted by Gasteiger charge is -2.29. The Balaban J connectivity index is 1.68. The Morgan fingerprint density at radius 3 is 2.69 bits per heavy atom. The second-order valence-corrected chi connectivity index (χ2v) is 8.41. The first kappa shape index (κ1) is 17.2. The van der Waals surface area contributed by atoms with Gasteiger partial charge >= 0.3 is 0 Å². The Kier molecular flexibility index (Phi) is 4.28. The Hall–Kier alpha value is -2.25. The number of sulfonamides is 1. The van der Waals surface area contributed by atoms with E-state index in [0.717, 1.165) is 49.1 Å². The van der Waals surface area contributed by atoms with E-state index in [4.69, 9.17) is 0 Å². The normalized spacial score (nSPS) is 17.0. The molecule has 2 aromatic carbocycles. The van der Waals surface area contributed by atoms with Gasteiger partial charge in [0.1, 0.15) is 10.7 Å². The summed E-state index contributed by atoms with van der Waals surface area (Å²) in [5, 5.41) is 0. The van der Waals surface area contributed by atoms with Crippen molar-refractivity contribution in [1.82, 2.24) is 4.72 Å². The van der Waals surface area contributed by atoms with Crippen LogP contribution in [0.2, 0.25) is 0 Å². The number of fused-ring (bicyclic) bond motifs is 1. The van der Waals surface area contributed by atoms with Crippen LogP contribution in [0, 0.1) is 5.82 Å². The number of para-hydroxylation sites is 1. The standard InChI is InChI=1S/C19H19FN2O3S/c20-16-10-7-14(12-18(16)26(24,25)21-15-8-9-15)19(23)22-11-3-5-13-4-1-2-6-17(13)22/h1-2,4,6-7,10,12,15,21H,3,5,8-9,11H2. The molecule has 1 aliphatic heterocycles. The molecule has 136 valence electrons. The topological polar surface area (TPSA) is 66.5 Å². The van der Waals surface area contributed by atoms with Gasteiger partial charge in [-0.05, 0) is 55.5 Å². The highest BCUT2D eigenvalue weighted by Gasteiger charge is 2.31. The number of hydrogen-bond donors (Lipinski definition) is 1. The summed E-state index contributed by atoms with van der Waals surface area (Å²) >= 11 is 0. The summed E-state index contributed by atoms with van der Waals surface area (Å²) in [4.78, 5) is 14.1.